The summed E-state index contributed by atoms with van der Waals surface area (Å²) in [5.74, 6) is -0.109. The first-order valence-corrected chi connectivity index (χ1v) is 10.8. The molecule has 1 amide bonds. The average Bonchev–Trinajstić information content (AvgIpc) is 3.29. The summed E-state index contributed by atoms with van der Waals surface area (Å²) in [6.07, 6.45) is 2.58. The highest BCUT2D eigenvalue weighted by atomic mass is 32.2. The Morgan fingerprint density at radius 2 is 1.83 bits per heavy atom. The molecule has 0 aliphatic carbocycles. The predicted octanol–water partition coefficient (Wildman–Crippen LogP) is 3.25. The van der Waals surface area contributed by atoms with Crippen LogP contribution in [0.1, 0.15) is 21.5 Å². The number of ether oxygens (including phenoxy) is 1. The number of sulfone groups is 1. The van der Waals surface area contributed by atoms with Crippen LogP contribution in [0.5, 0.6) is 0 Å². The molecule has 0 unspecified atom stereocenters. The van der Waals surface area contributed by atoms with Gasteiger partial charge in [-0.1, -0.05) is 29.8 Å². The van der Waals surface area contributed by atoms with Crippen molar-refractivity contribution in [2.24, 2.45) is 4.99 Å². The molecule has 0 radical (unpaired) electrons. The smallest absolute Gasteiger partial charge is 0.257 e. The van der Waals surface area contributed by atoms with E-state index in [1.54, 1.807) is 30.3 Å². The van der Waals surface area contributed by atoms with Crippen LogP contribution in [0.4, 0.5) is 5.69 Å². The second-order valence-corrected chi connectivity index (χ2v) is 8.64. The molecule has 152 valence electrons. The number of hydrogen-bond donors (Lipinski definition) is 1. The average molecular weight is 421 g/mol. The van der Waals surface area contributed by atoms with Crippen LogP contribution in [0.25, 0.3) is 0 Å². The molecule has 0 saturated heterocycles. The van der Waals surface area contributed by atoms with E-state index in [1.165, 1.54) is 30.6 Å². The van der Waals surface area contributed by atoms with Gasteiger partial charge < -0.3 is 10.1 Å². The van der Waals surface area contributed by atoms with Gasteiger partial charge in [0.15, 0.2) is 0 Å². The summed E-state index contributed by atoms with van der Waals surface area (Å²) >= 11 is 0. The van der Waals surface area contributed by atoms with E-state index in [9.17, 15) is 13.2 Å². The molecular weight excluding hydrogens is 402 g/mol. The summed E-state index contributed by atoms with van der Waals surface area (Å²) in [4.78, 5) is 21.2. The Hall–Kier alpha value is -3.52. The van der Waals surface area contributed by atoms with Gasteiger partial charge in [0.1, 0.15) is 11.5 Å². The number of anilines is 1. The predicted molar refractivity (Wildman–Crippen MR) is 113 cm³/mol. The van der Waals surface area contributed by atoms with Crippen LogP contribution in [0, 0.1) is 6.92 Å². The number of nitrogens with one attached hydrogen (secondary N) is 1. The zero-order valence-electron chi connectivity index (χ0n) is 16.2. The molecule has 7 nitrogen and oxygen atoms in total. The zero-order chi connectivity index (χ0) is 21.1. The van der Waals surface area contributed by atoms with E-state index in [0.717, 1.165) is 5.56 Å². The lowest BCUT2D eigenvalue weighted by Gasteiger charge is -2.13. The molecule has 0 atom stereocenters. The monoisotopic (exact) mass is 421 g/mol. The SMILES string of the molecule is Cc1ccc(S(=O)(=O)c2cnccc2C(=O)Nc2ccccc2C2=NCCO2)cc1. The van der Waals surface area contributed by atoms with Gasteiger partial charge in [0, 0.05) is 12.4 Å². The Bertz CT molecular complexity index is 1240. The Balaban J connectivity index is 1.70. The fourth-order valence-electron chi connectivity index (χ4n) is 3.09. The summed E-state index contributed by atoms with van der Waals surface area (Å²) in [7, 11) is -3.92. The first-order valence-electron chi connectivity index (χ1n) is 9.30. The molecule has 3 aromatic rings. The Kier molecular flexibility index (Phi) is 5.33. The van der Waals surface area contributed by atoms with E-state index in [2.05, 4.69) is 15.3 Å². The molecule has 1 aliphatic rings. The van der Waals surface area contributed by atoms with Crippen molar-refractivity contribution in [1.29, 1.82) is 0 Å². The van der Waals surface area contributed by atoms with Crippen molar-refractivity contribution in [3.05, 3.63) is 83.7 Å². The van der Waals surface area contributed by atoms with Crippen molar-refractivity contribution < 1.29 is 17.9 Å². The number of aliphatic imine (C=N–C) groups is 1. The minimum atomic E-state index is -3.92. The van der Waals surface area contributed by atoms with Gasteiger partial charge in [0.05, 0.1) is 28.3 Å². The molecule has 1 aliphatic heterocycles. The summed E-state index contributed by atoms with van der Waals surface area (Å²) in [6, 6.07) is 14.9. The molecule has 2 heterocycles. The number of amides is 1. The summed E-state index contributed by atoms with van der Waals surface area (Å²) < 4.78 is 31.8. The second kappa shape index (κ2) is 8.08. The first-order chi connectivity index (χ1) is 14.5. The van der Waals surface area contributed by atoms with E-state index >= 15 is 0 Å². The minimum Gasteiger partial charge on any atom is -0.475 e. The lowest BCUT2D eigenvalue weighted by atomic mass is 10.1. The number of carbonyl (C=O) groups excluding carboxylic acids is 1. The van der Waals surface area contributed by atoms with Gasteiger partial charge in [-0.05, 0) is 37.3 Å². The van der Waals surface area contributed by atoms with Gasteiger partial charge in [-0.3, -0.25) is 9.78 Å². The van der Waals surface area contributed by atoms with Crippen LogP contribution in [0.3, 0.4) is 0 Å². The van der Waals surface area contributed by atoms with Gasteiger partial charge in [-0.15, -0.1) is 0 Å². The lowest BCUT2D eigenvalue weighted by molar-refractivity contribution is 0.102. The molecule has 0 bridgehead atoms. The number of nitrogens with zero attached hydrogens (tertiary/aromatic N) is 2. The Morgan fingerprint density at radius 3 is 2.57 bits per heavy atom. The number of benzene rings is 2. The molecular formula is C22H19N3O4S. The number of para-hydroxylation sites is 1. The molecule has 0 saturated carbocycles. The van der Waals surface area contributed by atoms with Crippen LogP contribution in [0.15, 0.2) is 81.8 Å². The molecule has 0 fully saturated rings. The lowest BCUT2D eigenvalue weighted by Crippen LogP contribution is -2.19. The maximum absolute atomic E-state index is 13.1. The highest BCUT2D eigenvalue weighted by molar-refractivity contribution is 7.91. The topological polar surface area (TPSA) is 97.7 Å². The third kappa shape index (κ3) is 3.81. The number of aromatic nitrogens is 1. The van der Waals surface area contributed by atoms with E-state index < -0.39 is 15.7 Å². The van der Waals surface area contributed by atoms with E-state index in [1.807, 2.05) is 13.0 Å². The van der Waals surface area contributed by atoms with Gasteiger partial charge in [-0.2, -0.15) is 0 Å². The fraction of sp³-hybridized carbons (Fsp3) is 0.136. The largest absolute Gasteiger partial charge is 0.475 e. The minimum absolute atomic E-state index is 0.00894. The highest BCUT2D eigenvalue weighted by Crippen LogP contribution is 2.25. The van der Waals surface area contributed by atoms with Crippen molar-refractivity contribution in [3.8, 4) is 0 Å². The molecule has 0 spiro atoms. The molecule has 30 heavy (non-hydrogen) atoms. The van der Waals surface area contributed by atoms with Crippen LogP contribution in [-0.2, 0) is 14.6 Å². The van der Waals surface area contributed by atoms with Crippen molar-refractivity contribution in [2.75, 3.05) is 18.5 Å². The van der Waals surface area contributed by atoms with E-state index in [-0.39, 0.29) is 15.4 Å². The summed E-state index contributed by atoms with van der Waals surface area (Å²) in [5, 5.41) is 2.78. The summed E-state index contributed by atoms with van der Waals surface area (Å²) in [6.45, 7) is 2.91. The molecule has 2 aromatic carbocycles. The summed E-state index contributed by atoms with van der Waals surface area (Å²) in [5.41, 5.74) is 2.07. The van der Waals surface area contributed by atoms with Crippen LogP contribution in [0.2, 0.25) is 0 Å². The Morgan fingerprint density at radius 1 is 1.07 bits per heavy atom. The van der Waals surface area contributed by atoms with Gasteiger partial charge in [-0.25, -0.2) is 13.4 Å². The number of carbonyl (C=O) groups is 1. The second-order valence-electron chi connectivity index (χ2n) is 6.72. The Labute approximate surface area is 174 Å². The van der Waals surface area contributed by atoms with Crippen molar-refractivity contribution in [3.63, 3.8) is 0 Å². The van der Waals surface area contributed by atoms with Gasteiger partial charge in [0.25, 0.3) is 5.91 Å². The number of pyridine rings is 1. The van der Waals surface area contributed by atoms with Crippen LogP contribution < -0.4 is 5.32 Å². The van der Waals surface area contributed by atoms with E-state index in [0.29, 0.717) is 30.3 Å². The number of hydrogen-bond acceptors (Lipinski definition) is 6. The third-order valence-electron chi connectivity index (χ3n) is 4.64. The molecule has 8 heteroatoms. The quantitative estimate of drug-likeness (QED) is 0.682. The molecule has 4 rings (SSSR count). The van der Waals surface area contributed by atoms with Crippen molar-refractivity contribution in [2.45, 2.75) is 16.7 Å². The zero-order valence-corrected chi connectivity index (χ0v) is 17.0. The van der Waals surface area contributed by atoms with Crippen LogP contribution >= 0.6 is 0 Å². The van der Waals surface area contributed by atoms with Crippen molar-refractivity contribution >= 4 is 27.3 Å². The third-order valence-corrected chi connectivity index (χ3v) is 6.44. The molecule has 1 aromatic heterocycles. The van der Waals surface area contributed by atoms with Crippen LogP contribution in [-0.4, -0.2) is 38.4 Å². The highest BCUT2D eigenvalue weighted by Gasteiger charge is 2.25. The van der Waals surface area contributed by atoms with E-state index in [4.69, 9.17) is 4.74 Å². The maximum Gasteiger partial charge on any atom is 0.257 e. The maximum atomic E-state index is 13.1. The standard InChI is InChI=1S/C22H19N3O4S/c1-15-6-8-16(9-7-15)30(27,28)20-14-23-11-10-18(20)21(26)25-19-5-3-2-4-17(19)22-24-12-13-29-22/h2-11,14H,12-13H2,1H3,(H,25,26). The molecule has 1 N–H and O–H groups in total. The normalized spacial score (nSPS) is 13.4. The van der Waals surface area contributed by atoms with Gasteiger partial charge in [0.2, 0.25) is 15.7 Å². The first kappa shape index (κ1) is 19.8. The number of rotatable bonds is 5. The number of aryl methyl sites for hydroxylation is 1. The van der Waals surface area contributed by atoms with Gasteiger partial charge >= 0.3 is 0 Å². The van der Waals surface area contributed by atoms with Crippen molar-refractivity contribution in [1.82, 2.24) is 4.98 Å². The fourth-order valence-corrected chi connectivity index (χ4v) is 4.49.